The number of nitrogens with zero attached hydrogens (tertiary/aromatic N) is 1. The summed E-state index contributed by atoms with van der Waals surface area (Å²) >= 11 is 0. The molecular formula is C50H31NO3. The summed E-state index contributed by atoms with van der Waals surface area (Å²) in [6, 6.07) is 60.4. The van der Waals surface area contributed by atoms with Gasteiger partial charge in [-0.05, 0) is 83.3 Å². The molecule has 1 unspecified atom stereocenters. The lowest BCUT2D eigenvalue weighted by molar-refractivity contribution is 0.436. The highest BCUT2D eigenvalue weighted by Crippen LogP contribution is 2.63. The van der Waals surface area contributed by atoms with Crippen LogP contribution < -0.4 is 9.64 Å². The molecule has 0 bridgehead atoms. The van der Waals surface area contributed by atoms with Crippen LogP contribution in [0.1, 0.15) is 27.8 Å². The van der Waals surface area contributed by atoms with Gasteiger partial charge in [0, 0.05) is 50.1 Å². The number of aryl methyl sites for hydroxylation is 1. The van der Waals surface area contributed by atoms with E-state index in [2.05, 4.69) is 157 Å². The van der Waals surface area contributed by atoms with Gasteiger partial charge in [0.05, 0.1) is 11.1 Å². The summed E-state index contributed by atoms with van der Waals surface area (Å²) in [5, 5.41) is 4.37. The molecule has 0 fully saturated rings. The van der Waals surface area contributed by atoms with Crippen molar-refractivity contribution in [2.45, 2.75) is 12.3 Å². The number of fused-ring (bicyclic) bond motifs is 15. The third-order valence-electron chi connectivity index (χ3n) is 11.7. The number of ether oxygens (including phenoxy) is 1. The van der Waals surface area contributed by atoms with Crippen LogP contribution in [0, 0.1) is 6.92 Å². The summed E-state index contributed by atoms with van der Waals surface area (Å²) in [7, 11) is 0. The van der Waals surface area contributed by atoms with Gasteiger partial charge >= 0.3 is 0 Å². The summed E-state index contributed by atoms with van der Waals surface area (Å²) < 4.78 is 19.9. The maximum Gasteiger partial charge on any atom is 0.159 e. The van der Waals surface area contributed by atoms with Crippen molar-refractivity contribution in [1.29, 1.82) is 0 Å². The van der Waals surface area contributed by atoms with Crippen molar-refractivity contribution in [3.8, 4) is 22.6 Å². The molecule has 12 rings (SSSR count). The smallest absolute Gasteiger partial charge is 0.159 e. The minimum atomic E-state index is -0.665. The first-order chi connectivity index (χ1) is 26.7. The van der Waals surface area contributed by atoms with E-state index in [0.29, 0.717) is 0 Å². The van der Waals surface area contributed by atoms with Crippen molar-refractivity contribution in [3.05, 3.63) is 198 Å². The van der Waals surface area contributed by atoms with Gasteiger partial charge in [0.15, 0.2) is 5.58 Å². The molecule has 1 spiro atoms. The van der Waals surface area contributed by atoms with Gasteiger partial charge in [-0.15, -0.1) is 0 Å². The highest BCUT2D eigenvalue weighted by molar-refractivity contribution is 6.11. The van der Waals surface area contributed by atoms with E-state index in [4.69, 9.17) is 13.6 Å². The van der Waals surface area contributed by atoms with Gasteiger partial charge in [0.1, 0.15) is 28.2 Å². The maximum atomic E-state index is 6.82. The summed E-state index contributed by atoms with van der Waals surface area (Å²) in [5.74, 6) is 1.65. The molecule has 0 saturated carbocycles. The first-order valence-electron chi connectivity index (χ1n) is 18.4. The van der Waals surface area contributed by atoms with E-state index in [0.717, 1.165) is 83.6 Å². The second-order valence-corrected chi connectivity index (χ2v) is 14.4. The van der Waals surface area contributed by atoms with Crippen LogP contribution in [0.5, 0.6) is 11.5 Å². The minimum Gasteiger partial charge on any atom is -0.457 e. The van der Waals surface area contributed by atoms with Crippen LogP contribution in [-0.2, 0) is 5.41 Å². The highest BCUT2D eigenvalue weighted by Gasteiger charge is 2.51. The van der Waals surface area contributed by atoms with Gasteiger partial charge in [-0.2, -0.15) is 0 Å². The molecule has 8 aromatic carbocycles. The number of benzene rings is 8. The summed E-state index contributed by atoms with van der Waals surface area (Å²) in [6.07, 6.45) is 0. The molecule has 0 saturated heterocycles. The van der Waals surface area contributed by atoms with Gasteiger partial charge < -0.3 is 18.5 Å². The van der Waals surface area contributed by atoms with Crippen LogP contribution in [0.3, 0.4) is 0 Å². The fourth-order valence-electron chi connectivity index (χ4n) is 9.38. The Labute approximate surface area is 311 Å². The van der Waals surface area contributed by atoms with E-state index in [9.17, 15) is 0 Å². The average molecular weight is 694 g/mol. The van der Waals surface area contributed by atoms with Gasteiger partial charge in [0.2, 0.25) is 0 Å². The molecule has 1 atom stereocenters. The lowest BCUT2D eigenvalue weighted by Gasteiger charge is -2.39. The molecule has 0 radical (unpaired) electrons. The van der Waals surface area contributed by atoms with Crippen molar-refractivity contribution in [3.63, 3.8) is 0 Å². The monoisotopic (exact) mass is 693 g/mol. The Morgan fingerprint density at radius 2 is 1.09 bits per heavy atom. The lowest BCUT2D eigenvalue weighted by atomic mass is 9.66. The molecule has 10 aromatic rings. The zero-order chi connectivity index (χ0) is 35.5. The van der Waals surface area contributed by atoms with Crippen molar-refractivity contribution in [2.24, 2.45) is 0 Å². The maximum absolute atomic E-state index is 6.82. The molecule has 4 heteroatoms. The average Bonchev–Trinajstić information content (AvgIpc) is 3.87. The first kappa shape index (κ1) is 29.5. The van der Waals surface area contributed by atoms with Crippen LogP contribution in [0.2, 0.25) is 0 Å². The Balaban J connectivity index is 1.19. The SMILES string of the molecule is Cc1ccccc1N(c1ccc2c(c1)C1(c3ccccc3Oc3cc4oc5ccccc5c4cc31)c1ccccc1-2)c1cccc2c1oc1ccccc12. The van der Waals surface area contributed by atoms with Crippen molar-refractivity contribution >= 4 is 60.9 Å². The van der Waals surface area contributed by atoms with Crippen molar-refractivity contribution in [2.75, 3.05) is 4.90 Å². The fraction of sp³-hybridized carbons (Fsp3) is 0.0400. The number of hydrogen-bond acceptors (Lipinski definition) is 4. The second-order valence-electron chi connectivity index (χ2n) is 14.4. The molecule has 1 aliphatic carbocycles. The topological polar surface area (TPSA) is 38.8 Å². The highest BCUT2D eigenvalue weighted by atomic mass is 16.5. The number of furan rings is 2. The van der Waals surface area contributed by atoms with Crippen LogP contribution in [0.15, 0.2) is 179 Å². The third kappa shape index (κ3) is 3.81. The molecule has 54 heavy (non-hydrogen) atoms. The molecular weight excluding hydrogens is 663 g/mol. The molecule has 1 aliphatic heterocycles. The van der Waals surface area contributed by atoms with E-state index >= 15 is 0 Å². The van der Waals surface area contributed by atoms with Gasteiger partial charge in [-0.1, -0.05) is 115 Å². The Morgan fingerprint density at radius 3 is 1.96 bits per heavy atom. The molecule has 4 nitrogen and oxygen atoms in total. The summed E-state index contributed by atoms with van der Waals surface area (Å²) in [4.78, 5) is 2.37. The quantitative estimate of drug-likeness (QED) is 0.185. The third-order valence-corrected chi connectivity index (χ3v) is 11.7. The Morgan fingerprint density at radius 1 is 0.426 bits per heavy atom. The standard InChI is InChI=1S/C50H31NO3/c1-30-13-2-8-20-42(30)51(43-21-12-17-36-34-15-4-10-23-45(34)54-49(36)43)31-25-26-33-32-14-3-6-18-38(32)50(40(33)27-31)39-19-7-11-24-46(39)53-48-29-47-37(28-41(48)50)35-16-5-9-22-44(35)52-47/h2-29H,1H3. The number of rotatable bonds is 3. The number of anilines is 3. The van der Waals surface area contributed by atoms with E-state index in [-0.39, 0.29) is 0 Å². The predicted molar refractivity (Wildman–Crippen MR) is 218 cm³/mol. The predicted octanol–water partition coefficient (Wildman–Crippen LogP) is 13.7. The number of hydrogen-bond donors (Lipinski definition) is 0. The Kier molecular flexibility index (Phi) is 5.88. The van der Waals surface area contributed by atoms with Gasteiger partial charge in [-0.3, -0.25) is 0 Å². The van der Waals surface area contributed by atoms with E-state index < -0.39 is 5.41 Å². The van der Waals surface area contributed by atoms with Crippen LogP contribution in [0.4, 0.5) is 17.1 Å². The summed E-state index contributed by atoms with van der Waals surface area (Å²) in [5.41, 5.74) is 14.1. The van der Waals surface area contributed by atoms with Gasteiger partial charge in [0.25, 0.3) is 0 Å². The fourth-order valence-corrected chi connectivity index (χ4v) is 9.38. The molecule has 254 valence electrons. The second kappa shape index (κ2) is 10.8. The summed E-state index contributed by atoms with van der Waals surface area (Å²) in [6.45, 7) is 2.18. The van der Waals surface area contributed by atoms with E-state index in [1.807, 2.05) is 24.3 Å². The van der Waals surface area contributed by atoms with Crippen molar-refractivity contribution in [1.82, 2.24) is 0 Å². The zero-order valence-corrected chi connectivity index (χ0v) is 29.3. The molecule has 2 aliphatic rings. The zero-order valence-electron chi connectivity index (χ0n) is 29.3. The van der Waals surface area contributed by atoms with E-state index in [1.54, 1.807) is 0 Å². The Bertz CT molecular complexity index is 3180. The van der Waals surface area contributed by atoms with Crippen LogP contribution in [-0.4, -0.2) is 0 Å². The van der Waals surface area contributed by atoms with Crippen LogP contribution >= 0.6 is 0 Å². The first-order valence-corrected chi connectivity index (χ1v) is 18.4. The van der Waals surface area contributed by atoms with Gasteiger partial charge in [-0.25, -0.2) is 0 Å². The largest absolute Gasteiger partial charge is 0.457 e. The lowest BCUT2D eigenvalue weighted by Crippen LogP contribution is -2.32. The molecule has 3 heterocycles. The normalized spacial score (nSPS) is 15.4. The molecule has 0 N–H and O–H groups in total. The van der Waals surface area contributed by atoms with Crippen molar-refractivity contribution < 1.29 is 13.6 Å². The van der Waals surface area contributed by atoms with E-state index in [1.165, 1.54) is 27.8 Å². The molecule has 2 aromatic heterocycles. The Hall–Kier alpha value is -7.04. The minimum absolute atomic E-state index is 0.665. The number of para-hydroxylation sites is 5. The molecule has 0 amide bonds. The van der Waals surface area contributed by atoms with Crippen LogP contribution in [0.25, 0.3) is 55.0 Å².